The number of hydrogen-bond acceptors (Lipinski definition) is 3. The lowest BCUT2D eigenvalue weighted by atomic mass is 10.0. The van der Waals surface area contributed by atoms with Crippen molar-refractivity contribution in [2.24, 2.45) is 0 Å². The summed E-state index contributed by atoms with van der Waals surface area (Å²) in [6.45, 7) is 9.17. The Morgan fingerprint density at radius 2 is 1.89 bits per heavy atom. The fraction of sp³-hybridized carbons (Fsp3) is 0.429. The van der Waals surface area contributed by atoms with Crippen molar-refractivity contribution < 1.29 is 14.3 Å². The van der Waals surface area contributed by atoms with Crippen molar-refractivity contribution in [1.29, 1.82) is 0 Å². The smallest absolute Gasteiger partial charge is 0.412 e. The van der Waals surface area contributed by atoms with E-state index in [-0.39, 0.29) is 0 Å². The average Bonchev–Trinajstić information content (AvgIpc) is 2.21. The molecule has 0 spiro atoms. The van der Waals surface area contributed by atoms with Gasteiger partial charge in [0.25, 0.3) is 0 Å². The van der Waals surface area contributed by atoms with Crippen LogP contribution in [0.3, 0.4) is 0 Å². The summed E-state index contributed by atoms with van der Waals surface area (Å²) in [5, 5.41) is 2.66. The van der Waals surface area contributed by atoms with E-state index in [1.807, 2.05) is 13.8 Å². The first kappa shape index (κ1) is 14.2. The Kier molecular flexibility index (Phi) is 4.11. The van der Waals surface area contributed by atoms with Gasteiger partial charge in [-0.25, -0.2) is 4.79 Å². The molecule has 0 atom stereocenters. The summed E-state index contributed by atoms with van der Waals surface area (Å²) in [7, 11) is 0. The van der Waals surface area contributed by atoms with E-state index < -0.39 is 11.7 Å². The van der Waals surface area contributed by atoms with Crippen LogP contribution in [0.2, 0.25) is 0 Å². The molecule has 0 aliphatic rings. The zero-order valence-electron chi connectivity index (χ0n) is 11.5. The molecule has 0 aliphatic heterocycles. The summed E-state index contributed by atoms with van der Waals surface area (Å²) >= 11 is 0. The normalized spacial score (nSPS) is 10.9. The minimum absolute atomic E-state index is 0.520. The molecule has 1 amide bonds. The van der Waals surface area contributed by atoms with E-state index in [1.54, 1.807) is 32.9 Å². The molecule has 18 heavy (non-hydrogen) atoms. The molecule has 1 rings (SSSR count). The van der Waals surface area contributed by atoms with Crippen molar-refractivity contribution in [3.05, 3.63) is 28.8 Å². The molecule has 4 nitrogen and oxygen atoms in total. The Morgan fingerprint density at radius 1 is 1.28 bits per heavy atom. The molecule has 1 aromatic rings. The van der Waals surface area contributed by atoms with Crippen molar-refractivity contribution >= 4 is 18.1 Å². The van der Waals surface area contributed by atoms with E-state index in [9.17, 15) is 9.59 Å². The van der Waals surface area contributed by atoms with Crippen LogP contribution in [0.5, 0.6) is 0 Å². The van der Waals surface area contributed by atoms with Crippen LogP contribution in [-0.2, 0) is 4.74 Å². The lowest BCUT2D eigenvalue weighted by molar-refractivity contribution is 0.0635. The fourth-order valence-electron chi connectivity index (χ4n) is 1.50. The molecular formula is C14H19NO3. The van der Waals surface area contributed by atoms with Crippen molar-refractivity contribution in [2.45, 2.75) is 40.2 Å². The molecule has 0 saturated carbocycles. The predicted molar refractivity (Wildman–Crippen MR) is 71.2 cm³/mol. The number of carbonyl (C=O) groups is 2. The van der Waals surface area contributed by atoms with E-state index in [1.165, 1.54) is 0 Å². The van der Waals surface area contributed by atoms with Crippen LogP contribution in [0.15, 0.2) is 12.1 Å². The van der Waals surface area contributed by atoms with Gasteiger partial charge in [-0.2, -0.15) is 0 Å². The Morgan fingerprint density at radius 3 is 2.39 bits per heavy atom. The standard InChI is InChI=1S/C14H19NO3/c1-9-6-11(8-16)7-12(10(9)2)15-13(17)18-14(3,4)5/h6-8H,1-5H3,(H,15,17). The first-order valence-corrected chi connectivity index (χ1v) is 5.79. The van der Waals surface area contributed by atoms with Crippen LogP contribution < -0.4 is 5.32 Å². The van der Waals surface area contributed by atoms with Gasteiger partial charge in [0.1, 0.15) is 11.9 Å². The summed E-state index contributed by atoms with van der Waals surface area (Å²) in [6.07, 6.45) is 0.236. The Bertz CT molecular complexity index is 473. The van der Waals surface area contributed by atoms with Gasteiger partial charge >= 0.3 is 6.09 Å². The minimum atomic E-state index is -0.546. The minimum Gasteiger partial charge on any atom is -0.444 e. The largest absolute Gasteiger partial charge is 0.444 e. The van der Waals surface area contributed by atoms with Gasteiger partial charge in [-0.15, -0.1) is 0 Å². The highest BCUT2D eigenvalue weighted by atomic mass is 16.6. The van der Waals surface area contributed by atoms with Gasteiger partial charge in [-0.3, -0.25) is 10.1 Å². The van der Waals surface area contributed by atoms with E-state index in [0.717, 1.165) is 17.4 Å². The predicted octanol–water partition coefficient (Wildman–Crippen LogP) is 3.46. The molecule has 0 aromatic heterocycles. The number of nitrogens with one attached hydrogen (secondary N) is 1. The lowest BCUT2D eigenvalue weighted by Gasteiger charge is -2.20. The van der Waals surface area contributed by atoms with Crippen LogP contribution in [0, 0.1) is 13.8 Å². The number of anilines is 1. The van der Waals surface area contributed by atoms with E-state index in [0.29, 0.717) is 11.3 Å². The van der Waals surface area contributed by atoms with Crippen molar-refractivity contribution in [3.8, 4) is 0 Å². The van der Waals surface area contributed by atoms with Gasteiger partial charge in [0.15, 0.2) is 0 Å². The Labute approximate surface area is 107 Å². The molecule has 98 valence electrons. The second kappa shape index (κ2) is 5.21. The van der Waals surface area contributed by atoms with Crippen LogP contribution in [-0.4, -0.2) is 18.0 Å². The number of ether oxygens (including phenoxy) is 1. The summed E-state index contributed by atoms with van der Waals surface area (Å²) in [5.41, 5.74) is 2.46. The van der Waals surface area contributed by atoms with E-state index >= 15 is 0 Å². The summed E-state index contributed by atoms with van der Waals surface area (Å²) in [6, 6.07) is 3.42. The number of benzene rings is 1. The van der Waals surface area contributed by atoms with Gasteiger partial charge in [0.05, 0.1) is 0 Å². The summed E-state index contributed by atoms with van der Waals surface area (Å²) in [4.78, 5) is 22.5. The molecule has 0 unspecified atom stereocenters. The molecule has 0 heterocycles. The van der Waals surface area contributed by atoms with Gasteiger partial charge in [0.2, 0.25) is 0 Å². The molecule has 0 aliphatic carbocycles. The average molecular weight is 249 g/mol. The van der Waals surface area contributed by atoms with E-state index in [4.69, 9.17) is 4.74 Å². The summed E-state index contributed by atoms with van der Waals surface area (Å²) < 4.78 is 5.17. The quantitative estimate of drug-likeness (QED) is 0.816. The van der Waals surface area contributed by atoms with Gasteiger partial charge in [0, 0.05) is 11.3 Å². The van der Waals surface area contributed by atoms with E-state index in [2.05, 4.69) is 5.32 Å². The van der Waals surface area contributed by atoms with Crippen LogP contribution in [0.1, 0.15) is 42.3 Å². The third-order valence-corrected chi connectivity index (χ3v) is 2.46. The molecule has 0 bridgehead atoms. The Hall–Kier alpha value is -1.84. The van der Waals surface area contributed by atoms with Crippen molar-refractivity contribution in [1.82, 2.24) is 0 Å². The third kappa shape index (κ3) is 3.87. The van der Waals surface area contributed by atoms with Gasteiger partial charge < -0.3 is 4.74 Å². The number of amides is 1. The van der Waals surface area contributed by atoms with Gasteiger partial charge in [-0.1, -0.05) is 0 Å². The number of aryl methyl sites for hydroxylation is 1. The molecule has 1 aromatic carbocycles. The zero-order chi connectivity index (χ0) is 13.9. The number of aldehydes is 1. The van der Waals surface area contributed by atoms with Crippen LogP contribution in [0.25, 0.3) is 0 Å². The lowest BCUT2D eigenvalue weighted by Crippen LogP contribution is -2.27. The maximum absolute atomic E-state index is 11.7. The topological polar surface area (TPSA) is 55.4 Å². The molecular weight excluding hydrogens is 230 g/mol. The molecule has 4 heteroatoms. The summed E-state index contributed by atoms with van der Waals surface area (Å²) in [5.74, 6) is 0. The highest BCUT2D eigenvalue weighted by Gasteiger charge is 2.17. The molecule has 1 N–H and O–H groups in total. The molecule has 0 saturated heterocycles. The molecule has 0 radical (unpaired) electrons. The highest BCUT2D eigenvalue weighted by molar-refractivity contribution is 5.88. The van der Waals surface area contributed by atoms with Crippen molar-refractivity contribution in [3.63, 3.8) is 0 Å². The van der Waals surface area contributed by atoms with Crippen LogP contribution >= 0.6 is 0 Å². The Balaban J connectivity index is 2.94. The monoisotopic (exact) mass is 249 g/mol. The zero-order valence-corrected chi connectivity index (χ0v) is 11.5. The first-order chi connectivity index (χ1) is 8.23. The second-order valence-electron chi connectivity index (χ2n) is 5.26. The molecule has 0 fully saturated rings. The maximum Gasteiger partial charge on any atom is 0.412 e. The maximum atomic E-state index is 11.7. The van der Waals surface area contributed by atoms with Crippen LogP contribution in [0.4, 0.5) is 10.5 Å². The second-order valence-corrected chi connectivity index (χ2v) is 5.26. The SMILES string of the molecule is Cc1cc(C=O)cc(NC(=O)OC(C)(C)C)c1C. The fourth-order valence-corrected chi connectivity index (χ4v) is 1.50. The number of carbonyl (C=O) groups excluding carboxylic acids is 2. The van der Waals surface area contributed by atoms with Crippen molar-refractivity contribution in [2.75, 3.05) is 5.32 Å². The highest BCUT2D eigenvalue weighted by Crippen LogP contribution is 2.21. The number of hydrogen-bond donors (Lipinski definition) is 1. The van der Waals surface area contributed by atoms with Gasteiger partial charge in [-0.05, 0) is 57.9 Å². The number of rotatable bonds is 2. The third-order valence-electron chi connectivity index (χ3n) is 2.46. The first-order valence-electron chi connectivity index (χ1n) is 5.79.